The van der Waals surface area contributed by atoms with Crippen LogP contribution in [0.1, 0.15) is 43.7 Å². The first kappa shape index (κ1) is 17.5. The van der Waals surface area contributed by atoms with Crippen LogP contribution in [0.25, 0.3) is 0 Å². The number of anilines is 1. The molecule has 2 aliphatic rings. The Kier molecular flexibility index (Phi) is 3.77. The predicted octanol–water partition coefficient (Wildman–Crippen LogP) is 2.28. The molecule has 2 aromatic rings. The molecule has 2 heterocycles. The molecular formula is C21H23N3O3. The summed E-state index contributed by atoms with van der Waals surface area (Å²) in [5.74, 6) is 0.0805. The minimum Gasteiger partial charge on any atom is -0.344 e. The molecule has 1 aliphatic carbocycles. The fraction of sp³-hybridized carbons (Fsp3) is 0.381. The van der Waals surface area contributed by atoms with Gasteiger partial charge in [-0.3, -0.25) is 18.7 Å². The van der Waals surface area contributed by atoms with E-state index in [2.05, 4.69) is 19.2 Å². The number of aromatic nitrogens is 2. The van der Waals surface area contributed by atoms with Gasteiger partial charge in [-0.25, -0.2) is 4.79 Å². The number of rotatable bonds is 1. The van der Waals surface area contributed by atoms with Crippen LogP contribution in [0.3, 0.4) is 0 Å². The highest BCUT2D eigenvalue weighted by Gasteiger charge is 2.42. The fourth-order valence-corrected chi connectivity index (χ4v) is 4.33. The normalized spacial score (nSPS) is 20.7. The molecule has 0 bridgehead atoms. The third kappa shape index (κ3) is 2.59. The van der Waals surface area contributed by atoms with Crippen molar-refractivity contribution in [2.45, 2.75) is 32.6 Å². The van der Waals surface area contributed by atoms with Crippen molar-refractivity contribution in [3.05, 3.63) is 73.6 Å². The molecule has 4 rings (SSSR count). The summed E-state index contributed by atoms with van der Waals surface area (Å²) in [6, 6.07) is 9.58. The summed E-state index contributed by atoms with van der Waals surface area (Å²) in [6.07, 6.45) is 1.14. The Morgan fingerprint density at radius 2 is 1.67 bits per heavy atom. The van der Waals surface area contributed by atoms with Crippen molar-refractivity contribution in [2.24, 2.45) is 19.5 Å². The SMILES string of the molecule is Cn1c2c(c(=O)n(C)c1=O)[C@H](c1ccccc1)C1=C(CC(C)(C)CC1=O)N2. The lowest BCUT2D eigenvalue weighted by Gasteiger charge is -2.39. The molecule has 0 saturated carbocycles. The zero-order chi connectivity index (χ0) is 19.5. The van der Waals surface area contributed by atoms with Crippen LogP contribution in [-0.4, -0.2) is 14.9 Å². The lowest BCUT2D eigenvalue weighted by atomic mass is 9.69. The van der Waals surface area contributed by atoms with Crippen LogP contribution < -0.4 is 16.6 Å². The van der Waals surface area contributed by atoms with Crippen LogP contribution >= 0.6 is 0 Å². The summed E-state index contributed by atoms with van der Waals surface area (Å²) in [4.78, 5) is 38.6. The third-order valence-corrected chi connectivity index (χ3v) is 5.60. The van der Waals surface area contributed by atoms with E-state index in [4.69, 9.17) is 0 Å². The van der Waals surface area contributed by atoms with Crippen molar-refractivity contribution >= 4 is 11.6 Å². The van der Waals surface area contributed by atoms with E-state index in [1.54, 1.807) is 7.05 Å². The molecule has 140 valence electrons. The second kappa shape index (κ2) is 5.81. The second-order valence-electron chi connectivity index (χ2n) is 8.27. The van der Waals surface area contributed by atoms with Gasteiger partial charge in [0.15, 0.2) is 5.78 Å². The zero-order valence-electron chi connectivity index (χ0n) is 16.0. The minimum atomic E-state index is -0.466. The maximum atomic E-state index is 13.1. The highest BCUT2D eigenvalue weighted by Crippen LogP contribution is 2.47. The Morgan fingerprint density at radius 3 is 2.33 bits per heavy atom. The first-order chi connectivity index (χ1) is 12.7. The van der Waals surface area contributed by atoms with Gasteiger partial charge in [0.25, 0.3) is 5.56 Å². The number of allylic oxidation sites excluding steroid dienone is 2. The molecule has 0 radical (unpaired) electrons. The van der Waals surface area contributed by atoms with Gasteiger partial charge in [0.2, 0.25) is 0 Å². The van der Waals surface area contributed by atoms with E-state index in [-0.39, 0.29) is 22.4 Å². The number of hydrogen-bond acceptors (Lipinski definition) is 4. The molecule has 6 heteroatoms. The highest BCUT2D eigenvalue weighted by atomic mass is 16.2. The van der Waals surface area contributed by atoms with Gasteiger partial charge in [-0.1, -0.05) is 44.2 Å². The van der Waals surface area contributed by atoms with Crippen molar-refractivity contribution in [3.63, 3.8) is 0 Å². The molecule has 1 aliphatic heterocycles. The molecule has 1 aromatic heterocycles. The predicted molar refractivity (Wildman–Crippen MR) is 104 cm³/mol. The van der Waals surface area contributed by atoms with Gasteiger partial charge in [-0.15, -0.1) is 0 Å². The number of Topliss-reactive ketones (excluding diaryl/α,β-unsaturated/α-hetero) is 1. The average molecular weight is 365 g/mol. The first-order valence-corrected chi connectivity index (χ1v) is 9.09. The summed E-state index contributed by atoms with van der Waals surface area (Å²) in [5, 5.41) is 3.27. The van der Waals surface area contributed by atoms with Crippen molar-refractivity contribution in [1.82, 2.24) is 9.13 Å². The number of ketones is 1. The Bertz CT molecular complexity index is 1100. The Labute approximate surface area is 157 Å². The smallest absolute Gasteiger partial charge is 0.332 e. The van der Waals surface area contributed by atoms with Gasteiger partial charge >= 0.3 is 5.69 Å². The molecule has 0 saturated heterocycles. The van der Waals surface area contributed by atoms with E-state index in [1.807, 2.05) is 30.3 Å². The summed E-state index contributed by atoms with van der Waals surface area (Å²) < 4.78 is 2.57. The molecule has 0 fully saturated rings. The monoisotopic (exact) mass is 365 g/mol. The van der Waals surface area contributed by atoms with E-state index < -0.39 is 5.92 Å². The molecule has 0 amide bonds. The summed E-state index contributed by atoms with van der Waals surface area (Å²) >= 11 is 0. The number of fused-ring (bicyclic) bond motifs is 1. The molecule has 1 atom stereocenters. The van der Waals surface area contributed by atoms with Gasteiger partial charge in [0, 0.05) is 37.7 Å². The summed E-state index contributed by atoms with van der Waals surface area (Å²) in [5.41, 5.74) is 1.90. The van der Waals surface area contributed by atoms with Crippen molar-refractivity contribution < 1.29 is 4.79 Å². The largest absolute Gasteiger partial charge is 0.344 e. The van der Waals surface area contributed by atoms with Crippen LogP contribution in [0.5, 0.6) is 0 Å². The molecule has 6 nitrogen and oxygen atoms in total. The zero-order valence-corrected chi connectivity index (χ0v) is 16.0. The number of carbonyl (C=O) groups is 1. The van der Waals surface area contributed by atoms with Gasteiger partial charge in [-0.2, -0.15) is 0 Å². The van der Waals surface area contributed by atoms with Crippen LogP contribution in [0.4, 0.5) is 5.82 Å². The Morgan fingerprint density at radius 1 is 1.00 bits per heavy atom. The van der Waals surface area contributed by atoms with Crippen molar-refractivity contribution in [3.8, 4) is 0 Å². The average Bonchev–Trinajstić information content (AvgIpc) is 2.62. The minimum absolute atomic E-state index is 0.0594. The van der Waals surface area contributed by atoms with Gasteiger partial charge in [-0.05, 0) is 17.4 Å². The fourth-order valence-electron chi connectivity index (χ4n) is 4.33. The van der Waals surface area contributed by atoms with Crippen LogP contribution in [0, 0.1) is 5.41 Å². The van der Waals surface area contributed by atoms with Crippen LogP contribution in [0.2, 0.25) is 0 Å². The lowest BCUT2D eigenvalue weighted by Crippen LogP contribution is -2.45. The summed E-state index contributed by atoms with van der Waals surface area (Å²) in [6.45, 7) is 4.12. The van der Waals surface area contributed by atoms with Crippen LogP contribution in [-0.2, 0) is 18.9 Å². The lowest BCUT2D eigenvalue weighted by molar-refractivity contribution is -0.118. The molecule has 0 unspecified atom stereocenters. The van der Waals surface area contributed by atoms with E-state index in [9.17, 15) is 14.4 Å². The molecular weight excluding hydrogens is 342 g/mol. The second-order valence-corrected chi connectivity index (χ2v) is 8.27. The van der Waals surface area contributed by atoms with E-state index in [0.29, 0.717) is 29.8 Å². The maximum Gasteiger partial charge on any atom is 0.332 e. The topological polar surface area (TPSA) is 73.1 Å². The number of nitrogens with one attached hydrogen (secondary N) is 1. The van der Waals surface area contributed by atoms with Gasteiger partial charge < -0.3 is 5.32 Å². The number of nitrogens with zero attached hydrogens (tertiary/aromatic N) is 2. The van der Waals surface area contributed by atoms with Crippen molar-refractivity contribution in [1.29, 1.82) is 0 Å². The van der Waals surface area contributed by atoms with E-state index in [1.165, 1.54) is 11.6 Å². The first-order valence-electron chi connectivity index (χ1n) is 9.09. The number of benzene rings is 1. The summed E-state index contributed by atoms with van der Waals surface area (Å²) in [7, 11) is 3.12. The Hall–Kier alpha value is -2.89. The highest BCUT2D eigenvalue weighted by molar-refractivity contribution is 6.01. The quantitative estimate of drug-likeness (QED) is 0.842. The maximum absolute atomic E-state index is 13.1. The van der Waals surface area contributed by atoms with Gasteiger partial charge in [0.05, 0.1) is 5.56 Å². The standard InChI is InChI=1S/C21H23N3O3/c1-21(2)10-13-16(14(25)11-21)15(12-8-6-5-7-9-12)17-18(22-13)23(3)20(27)24(4)19(17)26/h5-9,15,22H,10-11H2,1-4H3/t15-/m1/s1. The molecule has 1 N–H and O–H groups in total. The number of carbonyl (C=O) groups excluding carboxylic acids is 1. The van der Waals surface area contributed by atoms with E-state index >= 15 is 0 Å². The Balaban J connectivity index is 2.08. The molecule has 0 spiro atoms. The third-order valence-electron chi connectivity index (χ3n) is 5.60. The van der Waals surface area contributed by atoms with Gasteiger partial charge in [0.1, 0.15) is 5.82 Å². The van der Waals surface area contributed by atoms with Crippen LogP contribution in [0.15, 0.2) is 51.2 Å². The van der Waals surface area contributed by atoms with Crippen molar-refractivity contribution in [2.75, 3.05) is 5.32 Å². The number of hydrogen-bond donors (Lipinski definition) is 1. The molecule has 1 aromatic carbocycles. The molecule has 27 heavy (non-hydrogen) atoms. The van der Waals surface area contributed by atoms with E-state index in [0.717, 1.165) is 15.8 Å².